The molecular formula is C21H26N2O2. The van der Waals surface area contributed by atoms with Crippen LogP contribution < -0.4 is 10.2 Å². The zero-order chi connectivity index (χ0) is 17.8. The Bertz CT molecular complexity index is 719. The number of carbonyl (C=O) groups is 1. The summed E-state index contributed by atoms with van der Waals surface area (Å²) in [4.78, 5) is 13.5. The molecule has 1 aliphatic heterocycles. The lowest BCUT2D eigenvalue weighted by molar-refractivity contribution is -0.119. The number of benzene rings is 2. The van der Waals surface area contributed by atoms with Gasteiger partial charge in [0.05, 0.1) is 6.04 Å². The van der Waals surface area contributed by atoms with Crippen molar-refractivity contribution in [1.29, 1.82) is 0 Å². The molecule has 0 bridgehead atoms. The Morgan fingerprint density at radius 2 is 1.84 bits per heavy atom. The largest absolute Gasteiger partial charge is 0.508 e. The van der Waals surface area contributed by atoms with Crippen LogP contribution in [0.1, 0.15) is 49.8 Å². The number of hydrogen-bond donors (Lipinski definition) is 2. The number of amides is 1. The van der Waals surface area contributed by atoms with E-state index >= 15 is 0 Å². The first kappa shape index (κ1) is 17.3. The van der Waals surface area contributed by atoms with Crippen LogP contribution in [-0.4, -0.2) is 24.1 Å². The molecule has 1 fully saturated rings. The van der Waals surface area contributed by atoms with Gasteiger partial charge in [0.15, 0.2) is 0 Å². The summed E-state index contributed by atoms with van der Waals surface area (Å²) in [5.41, 5.74) is 3.60. The average molecular weight is 338 g/mol. The van der Waals surface area contributed by atoms with Crippen molar-refractivity contribution in [3.63, 3.8) is 0 Å². The van der Waals surface area contributed by atoms with Gasteiger partial charge < -0.3 is 15.3 Å². The van der Waals surface area contributed by atoms with Crippen LogP contribution in [0, 0.1) is 0 Å². The van der Waals surface area contributed by atoms with Gasteiger partial charge in [0.2, 0.25) is 5.91 Å². The SMILES string of the molecule is CC(=O)NC(C)c1ccc(C2CCN(c3cccc(O)c3)CC2)cc1. The fourth-order valence-electron chi connectivity index (χ4n) is 3.61. The maximum absolute atomic E-state index is 11.2. The Hall–Kier alpha value is -2.49. The average Bonchev–Trinajstić information content (AvgIpc) is 2.61. The number of carbonyl (C=O) groups excluding carboxylic acids is 1. The normalized spacial score (nSPS) is 16.5. The lowest BCUT2D eigenvalue weighted by atomic mass is 9.88. The number of hydrogen-bond acceptors (Lipinski definition) is 3. The Balaban J connectivity index is 1.60. The van der Waals surface area contributed by atoms with E-state index in [1.54, 1.807) is 13.0 Å². The summed E-state index contributed by atoms with van der Waals surface area (Å²) in [6.45, 7) is 5.55. The topological polar surface area (TPSA) is 52.6 Å². The van der Waals surface area contributed by atoms with Crippen LogP contribution in [0.25, 0.3) is 0 Å². The van der Waals surface area contributed by atoms with Gasteiger partial charge in [-0.25, -0.2) is 0 Å². The van der Waals surface area contributed by atoms with Gasteiger partial charge in [-0.05, 0) is 48.9 Å². The predicted octanol–water partition coefficient (Wildman–Crippen LogP) is 3.97. The van der Waals surface area contributed by atoms with Crippen LogP contribution in [0.3, 0.4) is 0 Å². The standard InChI is InChI=1S/C21H26N2O2/c1-15(22-16(2)24)17-6-8-18(9-7-17)19-10-12-23(13-11-19)20-4-3-5-21(25)14-20/h3-9,14-15,19,25H,10-13H2,1-2H3,(H,22,24). The maximum atomic E-state index is 11.2. The lowest BCUT2D eigenvalue weighted by Gasteiger charge is -2.34. The van der Waals surface area contributed by atoms with Gasteiger partial charge >= 0.3 is 0 Å². The molecule has 0 saturated carbocycles. The number of piperidine rings is 1. The van der Waals surface area contributed by atoms with Crippen molar-refractivity contribution >= 4 is 11.6 Å². The third kappa shape index (κ3) is 4.32. The highest BCUT2D eigenvalue weighted by Crippen LogP contribution is 2.32. The van der Waals surface area contributed by atoms with E-state index < -0.39 is 0 Å². The summed E-state index contributed by atoms with van der Waals surface area (Å²) in [5.74, 6) is 0.887. The molecule has 4 nitrogen and oxygen atoms in total. The van der Waals surface area contributed by atoms with Crippen LogP contribution in [0.15, 0.2) is 48.5 Å². The number of rotatable bonds is 4. The second kappa shape index (κ2) is 7.60. The molecule has 1 unspecified atom stereocenters. The van der Waals surface area contributed by atoms with E-state index in [1.807, 2.05) is 19.1 Å². The lowest BCUT2D eigenvalue weighted by Crippen LogP contribution is -2.32. The van der Waals surface area contributed by atoms with Crippen molar-refractivity contribution in [3.8, 4) is 5.75 Å². The predicted molar refractivity (Wildman–Crippen MR) is 101 cm³/mol. The van der Waals surface area contributed by atoms with Gasteiger partial charge in [-0.3, -0.25) is 4.79 Å². The quantitative estimate of drug-likeness (QED) is 0.887. The van der Waals surface area contributed by atoms with E-state index in [4.69, 9.17) is 0 Å². The summed E-state index contributed by atoms with van der Waals surface area (Å²) in [6, 6.07) is 16.2. The molecule has 0 spiro atoms. The number of aromatic hydroxyl groups is 1. The molecular weight excluding hydrogens is 312 g/mol. The number of nitrogens with one attached hydrogen (secondary N) is 1. The van der Waals surface area contributed by atoms with E-state index in [1.165, 1.54) is 5.56 Å². The number of phenols is 1. The van der Waals surface area contributed by atoms with Crippen LogP contribution in [-0.2, 0) is 4.79 Å². The molecule has 132 valence electrons. The Labute approximate surface area is 149 Å². The summed E-state index contributed by atoms with van der Waals surface area (Å²) in [6.07, 6.45) is 2.21. The van der Waals surface area contributed by atoms with Crippen LogP contribution in [0.4, 0.5) is 5.69 Å². The van der Waals surface area contributed by atoms with Gasteiger partial charge in [0, 0.05) is 31.8 Å². The molecule has 1 amide bonds. The molecule has 1 heterocycles. The number of phenolic OH excluding ortho intramolecular Hbond substituents is 1. The molecule has 0 radical (unpaired) electrons. The Morgan fingerprint density at radius 3 is 2.44 bits per heavy atom. The van der Waals surface area contributed by atoms with Gasteiger partial charge in [-0.2, -0.15) is 0 Å². The molecule has 0 aromatic heterocycles. The number of nitrogens with zero attached hydrogens (tertiary/aromatic N) is 1. The van der Waals surface area contributed by atoms with E-state index in [0.29, 0.717) is 11.7 Å². The molecule has 2 aromatic rings. The minimum atomic E-state index is -0.00380. The molecule has 1 aliphatic rings. The second-order valence-corrected chi connectivity index (χ2v) is 6.87. The summed E-state index contributed by atoms with van der Waals surface area (Å²) in [7, 11) is 0. The first-order valence-corrected chi connectivity index (χ1v) is 8.94. The highest BCUT2D eigenvalue weighted by atomic mass is 16.3. The van der Waals surface area contributed by atoms with Crippen molar-refractivity contribution < 1.29 is 9.90 Å². The zero-order valence-corrected chi connectivity index (χ0v) is 14.9. The molecule has 0 aliphatic carbocycles. The van der Waals surface area contributed by atoms with Crippen molar-refractivity contribution in [3.05, 3.63) is 59.7 Å². The molecule has 2 N–H and O–H groups in total. The van der Waals surface area contributed by atoms with Crippen LogP contribution in [0.5, 0.6) is 5.75 Å². The van der Waals surface area contributed by atoms with E-state index in [9.17, 15) is 9.90 Å². The minimum Gasteiger partial charge on any atom is -0.508 e. The first-order chi connectivity index (χ1) is 12.0. The smallest absolute Gasteiger partial charge is 0.217 e. The minimum absolute atomic E-state index is 0.00380. The summed E-state index contributed by atoms with van der Waals surface area (Å²) in [5, 5.41) is 12.6. The van der Waals surface area contributed by atoms with Gasteiger partial charge in [0.1, 0.15) is 5.75 Å². The van der Waals surface area contributed by atoms with Gasteiger partial charge in [-0.15, -0.1) is 0 Å². The monoisotopic (exact) mass is 338 g/mol. The van der Waals surface area contributed by atoms with Crippen LogP contribution >= 0.6 is 0 Å². The third-order valence-electron chi connectivity index (χ3n) is 5.02. The summed E-state index contributed by atoms with van der Waals surface area (Å²) < 4.78 is 0. The van der Waals surface area contributed by atoms with Crippen molar-refractivity contribution in [2.45, 2.75) is 38.6 Å². The molecule has 3 rings (SSSR count). The van der Waals surface area contributed by atoms with E-state index in [2.05, 4.69) is 40.5 Å². The fraction of sp³-hybridized carbons (Fsp3) is 0.381. The molecule has 4 heteroatoms. The van der Waals surface area contributed by atoms with Crippen molar-refractivity contribution in [2.24, 2.45) is 0 Å². The van der Waals surface area contributed by atoms with Gasteiger partial charge in [0.25, 0.3) is 0 Å². The molecule has 25 heavy (non-hydrogen) atoms. The number of anilines is 1. The maximum Gasteiger partial charge on any atom is 0.217 e. The Morgan fingerprint density at radius 1 is 1.16 bits per heavy atom. The van der Waals surface area contributed by atoms with Gasteiger partial charge in [-0.1, -0.05) is 30.3 Å². The fourth-order valence-corrected chi connectivity index (χ4v) is 3.61. The van der Waals surface area contributed by atoms with Crippen LogP contribution in [0.2, 0.25) is 0 Å². The summed E-state index contributed by atoms with van der Waals surface area (Å²) >= 11 is 0. The molecule has 1 atom stereocenters. The first-order valence-electron chi connectivity index (χ1n) is 8.94. The zero-order valence-electron chi connectivity index (χ0n) is 14.9. The second-order valence-electron chi connectivity index (χ2n) is 6.87. The highest BCUT2D eigenvalue weighted by molar-refractivity contribution is 5.73. The molecule has 2 aromatic carbocycles. The van der Waals surface area contributed by atoms with Crippen molar-refractivity contribution in [1.82, 2.24) is 5.32 Å². The van der Waals surface area contributed by atoms with Crippen molar-refractivity contribution in [2.75, 3.05) is 18.0 Å². The third-order valence-corrected chi connectivity index (χ3v) is 5.02. The van der Waals surface area contributed by atoms with E-state index in [-0.39, 0.29) is 11.9 Å². The Kier molecular flexibility index (Phi) is 5.27. The molecule has 1 saturated heterocycles. The highest BCUT2D eigenvalue weighted by Gasteiger charge is 2.21. The van der Waals surface area contributed by atoms with E-state index in [0.717, 1.165) is 37.2 Å².